The van der Waals surface area contributed by atoms with Gasteiger partial charge in [-0.1, -0.05) is 51.1 Å². The normalized spacial score (nSPS) is 21.8. The molecule has 0 aromatic heterocycles. The van der Waals surface area contributed by atoms with E-state index >= 15 is 0 Å². The van der Waals surface area contributed by atoms with Crippen LogP contribution in [-0.4, -0.2) is 24.5 Å². The van der Waals surface area contributed by atoms with E-state index in [2.05, 4.69) is 85.0 Å². The second-order valence-corrected chi connectivity index (χ2v) is 13.5. The third-order valence-electron chi connectivity index (χ3n) is 5.14. The Morgan fingerprint density at radius 3 is 2.26 bits per heavy atom. The van der Waals surface area contributed by atoms with Gasteiger partial charge in [0.1, 0.15) is 0 Å². The lowest BCUT2D eigenvalue weighted by Gasteiger charge is -2.35. The molecule has 1 aliphatic rings. The molecule has 0 radical (unpaired) electrons. The van der Waals surface area contributed by atoms with Gasteiger partial charge in [0.2, 0.25) is 0 Å². The molecule has 1 aliphatic heterocycles. The first-order valence-corrected chi connectivity index (χ1v) is 11.4. The predicted octanol–water partition coefficient (Wildman–Crippen LogP) is 5.29. The quantitative estimate of drug-likeness (QED) is 0.700. The largest absolute Gasteiger partial charge is 0.351 e. The fraction of sp³-hybridized carbons (Fsp3) is 0.632. The summed E-state index contributed by atoms with van der Waals surface area (Å²) in [5, 5.41) is 0.139. The summed E-state index contributed by atoms with van der Waals surface area (Å²) in [7, 11) is -1.95. The molecule has 1 heterocycles. The lowest BCUT2D eigenvalue weighted by atomic mass is 9.84. The molecular formula is C19H32NO2Si+. The summed E-state index contributed by atoms with van der Waals surface area (Å²) < 4.78 is 6.46. The van der Waals surface area contributed by atoms with Crippen LogP contribution in [-0.2, 0) is 9.36 Å². The monoisotopic (exact) mass is 334 g/mol. The Bertz CT molecular complexity index is 585. The molecule has 0 aliphatic carbocycles. The van der Waals surface area contributed by atoms with E-state index in [0.717, 1.165) is 12.1 Å². The van der Waals surface area contributed by atoms with Crippen LogP contribution in [0.25, 0.3) is 0 Å². The molecule has 1 unspecified atom stereocenters. The second kappa shape index (κ2) is 5.97. The highest BCUT2D eigenvalue weighted by Crippen LogP contribution is 2.39. The molecule has 0 spiro atoms. The van der Waals surface area contributed by atoms with Crippen molar-refractivity contribution in [1.29, 1.82) is 0 Å². The number of nitrogens with zero attached hydrogens (tertiary/aromatic N) is 1. The standard InChI is InChI=1S/C19H32NO2Si/c1-15-17(16-12-10-9-11-13-16)14-19(5,6)21-20(15)22-23(7,8)18(2,3)4/h9-13,17H,14H2,1-8H3/q+1. The minimum absolute atomic E-state index is 0.139. The van der Waals surface area contributed by atoms with Gasteiger partial charge in [0.05, 0.1) is 5.92 Å². The number of rotatable bonds is 3. The molecule has 1 aromatic rings. The van der Waals surface area contributed by atoms with Crippen LogP contribution in [0.3, 0.4) is 0 Å². The smallest absolute Gasteiger partial charge is 0.305 e. The summed E-state index contributed by atoms with van der Waals surface area (Å²) in [5.41, 5.74) is 2.22. The van der Waals surface area contributed by atoms with Gasteiger partial charge in [0.25, 0.3) is 5.71 Å². The molecule has 0 fully saturated rings. The van der Waals surface area contributed by atoms with Gasteiger partial charge < -0.3 is 4.53 Å². The van der Waals surface area contributed by atoms with Gasteiger partial charge in [-0.2, -0.15) is 0 Å². The molecule has 3 nitrogen and oxygen atoms in total. The van der Waals surface area contributed by atoms with Crippen LogP contribution < -0.4 is 0 Å². The van der Waals surface area contributed by atoms with Gasteiger partial charge >= 0.3 is 8.32 Å². The van der Waals surface area contributed by atoms with Gasteiger partial charge in [-0.15, -0.1) is 0 Å². The van der Waals surface area contributed by atoms with E-state index in [1.807, 2.05) is 0 Å². The third-order valence-corrected chi connectivity index (χ3v) is 9.37. The fourth-order valence-electron chi connectivity index (χ4n) is 2.58. The van der Waals surface area contributed by atoms with Gasteiger partial charge in [-0.25, -0.2) is 4.84 Å². The zero-order valence-corrected chi connectivity index (χ0v) is 16.9. The maximum atomic E-state index is 6.46. The Labute approximate surface area is 142 Å². The zero-order valence-electron chi connectivity index (χ0n) is 15.9. The number of hydrogen-bond acceptors (Lipinski definition) is 2. The van der Waals surface area contributed by atoms with Crippen molar-refractivity contribution in [3.05, 3.63) is 35.9 Å². The van der Waals surface area contributed by atoms with Crippen LogP contribution in [0.5, 0.6) is 0 Å². The van der Waals surface area contributed by atoms with Crippen LogP contribution in [0.2, 0.25) is 18.1 Å². The van der Waals surface area contributed by atoms with Crippen LogP contribution >= 0.6 is 0 Å². The first-order valence-electron chi connectivity index (χ1n) is 8.50. The number of hydrogen-bond donors (Lipinski definition) is 0. The van der Waals surface area contributed by atoms with Crippen molar-refractivity contribution in [2.45, 2.75) is 77.6 Å². The molecule has 1 atom stereocenters. The lowest BCUT2D eigenvalue weighted by molar-refractivity contribution is -0.962. The molecule has 2 rings (SSSR count). The van der Waals surface area contributed by atoms with Crippen molar-refractivity contribution >= 4 is 14.0 Å². The Morgan fingerprint density at radius 2 is 1.74 bits per heavy atom. The summed E-state index contributed by atoms with van der Waals surface area (Å²) in [6.07, 6.45) is 0.959. The summed E-state index contributed by atoms with van der Waals surface area (Å²) >= 11 is 0. The average molecular weight is 335 g/mol. The first kappa shape index (κ1) is 18.1. The summed E-state index contributed by atoms with van der Waals surface area (Å²) in [5.74, 6) is 0.324. The minimum Gasteiger partial charge on any atom is -0.305 e. The van der Waals surface area contributed by atoms with E-state index < -0.39 is 8.32 Å². The molecule has 4 heteroatoms. The lowest BCUT2D eigenvalue weighted by Crippen LogP contribution is -2.50. The molecule has 0 bridgehead atoms. The van der Waals surface area contributed by atoms with Crippen molar-refractivity contribution in [1.82, 2.24) is 0 Å². The molecule has 0 saturated carbocycles. The number of benzene rings is 1. The molecule has 1 aromatic carbocycles. The zero-order chi connectivity index (χ0) is 17.5. The van der Waals surface area contributed by atoms with Crippen LogP contribution in [0.15, 0.2) is 30.3 Å². The maximum Gasteiger partial charge on any atom is 0.351 e. The maximum absolute atomic E-state index is 6.46. The summed E-state index contributed by atoms with van der Waals surface area (Å²) in [6, 6.07) is 10.7. The van der Waals surface area contributed by atoms with Crippen LogP contribution in [0.4, 0.5) is 0 Å². The molecule has 0 saturated heterocycles. The van der Waals surface area contributed by atoms with Gasteiger partial charge in [-0.3, -0.25) is 0 Å². The predicted molar refractivity (Wildman–Crippen MR) is 98.2 cm³/mol. The Morgan fingerprint density at radius 1 is 1.17 bits per heavy atom. The van der Waals surface area contributed by atoms with Crippen molar-refractivity contribution < 1.29 is 14.3 Å². The van der Waals surface area contributed by atoms with E-state index in [9.17, 15) is 0 Å². The van der Waals surface area contributed by atoms with Crippen molar-refractivity contribution in [3.8, 4) is 0 Å². The Kier molecular flexibility index (Phi) is 4.68. The van der Waals surface area contributed by atoms with Crippen molar-refractivity contribution in [3.63, 3.8) is 0 Å². The SMILES string of the molecule is CC1=[N+](O[Si](C)(C)C(C)(C)C)OC(C)(C)CC1c1ccccc1. The van der Waals surface area contributed by atoms with Gasteiger partial charge in [0.15, 0.2) is 10.5 Å². The van der Waals surface area contributed by atoms with E-state index in [1.54, 1.807) is 4.90 Å². The first-order chi connectivity index (χ1) is 10.4. The molecular weight excluding hydrogens is 302 g/mol. The van der Waals surface area contributed by atoms with Crippen molar-refractivity contribution in [2.24, 2.45) is 0 Å². The molecule has 0 N–H and O–H groups in total. The van der Waals surface area contributed by atoms with Gasteiger partial charge in [0, 0.05) is 13.3 Å². The van der Waals surface area contributed by atoms with Crippen molar-refractivity contribution in [2.75, 3.05) is 0 Å². The van der Waals surface area contributed by atoms with Gasteiger partial charge in [-0.05, 0) is 37.5 Å². The molecule has 128 valence electrons. The highest BCUT2D eigenvalue weighted by Gasteiger charge is 2.50. The van der Waals surface area contributed by atoms with E-state index in [1.165, 1.54) is 5.56 Å². The highest BCUT2D eigenvalue weighted by molar-refractivity contribution is 6.73. The Balaban J connectivity index is 2.40. The summed E-state index contributed by atoms with van der Waals surface area (Å²) in [4.78, 5) is 7.91. The molecule has 0 amide bonds. The van der Waals surface area contributed by atoms with Crippen LogP contribution in [0.1, 0.15) is 59.4 Å². The van der Waals surface area contributed by atoms with E-state index in [4.69, 9.17) is 9.36 Å². The van der Waals surface area contributed by atoms with E-state index in [0.29, 0.717) is 5.92 Å². The second-order valence-electron chi connectivity index (χ2n) is 8.77. The van der Waals surface area contributed by atoms with E-state index in [-0.39, 0.29) is 10.6 Å². The minimum atomic E-state index is -1.95. The third kappa shape index (κ3) is 3.97. The fourth-order valence-corrected chi connectivity index (χ4v) is 3.45. The average Bonchev–Trinajstić information content (AvgIpc) is 2.41. The summed E-state index contributed by atoms with van der Waals surface area (Å²) in [6.45, 7) is 17.6. The topological polar surface area (TPSA) is 21.5 Å². The molecule has 23 heavy (non-hydrogen) atoms. The Hall–Kier alpha value is -1.29. The highest BCUT2D eigenvalue weighted by atomic mass is 28.4. The van der Waals surface area contributed by atoms with Crippen LogP contribution in [0, 0.1) is 0 Å².